The van der Waals surface area contributed by atoms with Crippen molar-refractivity contribution in [3.63, 3.8) is 0 Å². The summed E-state index contributed by atoms with van der Waals surface area (Å²) in [5, 5.41) is 6.45. The van der Waals surface area contributed by atoms with E-state index in [9.17, 15) is 4.91 Å². The molecule has 1 heterocycles. The fourth-order valence-electron chi connectivity index (χ4n) is 0.624. The Hall–Kier alpha value is -0.900. The smallest absolute Gasteiger partial charge is 0.193 e. The maximum absolute atomic E-state index is 9.90. The quantitative estimate of drug-likeness (QED) is 0.372. The number of nitroso groups, excluding NO2 is 1. The molecule has 1 aromatic heterocycles. The van der Waals surface area contributed by atoms with E-state index in [0.717, 1.165) is 0 Å². The van der Waals surface area contributed by atoms with E-state index in [0.29, 0.717) is 5.56 Å². The number of hydrogen-bond acceptors (Lipinski definition) is 3. The highest BCUT2D eigenvalue weighted by molar-refractivity contribution is 6.20. The molecule has 0 fully saturated rings. The molecule has 0 aliphatic carbocycles. The lowest BCUT2D eigenvalue weighted by Crippen LogP contribution is -1.85. The molecular weight excluding hydrogens is 154 g/mol. The zero-order valence-corrected chi connectivity index (χ0v) is 6.12. The van der Waals surface area contributed by atoms with E-state index < -0.39 is 5.50 Å². The molecule has 1 rings (SSSR count). The molecule has 1 unspecified atom stereocenters. The summed E-state index contributed by atoms with van der Waals surface area (Å²) in [4.78, 5) is 9.90. The van der Waals surface area contributed by atoms with Crippen LogP contribution >= 0.6 is 11.6 Å². The first-order valence-electron chi connectivity index (χ1n) is 2.69. The Bertz CT molecular complexity index is 235. The number of nitrogens with zero attached hydrogens (tertiary/aromatic N) is 3. The molecule has 0 saturated heterocycles. The van der Waals surface area contributed by atoms with E-state index in [1.165, 1.54) is 6.20 Å². The van der Waals surface area contributed by atoms with E-state index in [2.05, 4.69) is 10.3 Å². The largest absolute Gasteiger partial charge is 0.275 e. The molecule has 1 aromatic rings. The average Bonchev–Trinajstić information content (AvgIpc) is 2.34. The summed E-state index contributed by atoms with van der Waals surface area (Å²) in [6, 6.07) is 0. The van der Waals surface area contributed by atoms with Crippen LogP contribution in [0.15, 0.2) is 17.6 Å². The van der Waals surface area contributed by atoms with Gasteiger partial charge in [0.1, 0.15) is 0 Å². The molecule has 0 spiro atoms. The highest BCUT2D eigenvalue weighted by Gasteiger charge is 2.07. The van der Waals surface area contributed by atoms with Gasteiger partial charge in [-0.2, -0.15) is 5.10 Å². The predicted molar refractivity (Wildman–Crippen MR) is 37.6 cm³/mol. The average molecular weight is 160 g/mol. The molecule has 54 valence electrons. The zero-order chi connectivity index (χ0) is 7.56. The first-order valence-corrected chi connectivity index (χ1v) is 3.13. The van der Waals surface area contributed by atoms with Gasteiger partial charge in [0.25, 0.3) is 0 Å². The highest BCUT2D eigenvalue weighted by Crippen LogP contribution is 2.19. The summed E-state index contributed by atoms with van der Waals surface area (Å²) in [5.74, 6) is 0. The molecule has 0 N–H and O–H groups in total. The third-order valence-corrected chi connectivity index (χ3v) is 1.42. The summed E-state index contributed by atoms with van der Waals surface area (Å²) in [7, 11) is 1.75. The second kappa shape index (κ2) is 2.79. The fraction of sp³-hybridized carbons (Fsp3) is 0.400. The molecule has 10 heavy (non-hydrogen) atoms. The van der Waals surface area contributed by atoms with Gasteiger partial charge in [0.2, 0.25) is 0 Å². The van der Waals surface area contributed by atoms with Gasteiger partial charge in [-0.1, -0.05) is 11.6 Å². The lowest BCUT2D eigenvalue weighted by molar-refractivity contribution is 0.766. The van der Waals surface area contributed by atoms with E-state index in [4.69, 9.17) is 11.6 Å². The molecule has 0 amide bonds. The van der Waals surface area contributed by atoms with E-state index in [-0.39, 0.29) is 0 Å². The number of aromatic nitrogens is 2. The van der Waals surface area contributed by atoms with Crippen LogP contribution in [-0.4, -0.2) is 9.78 Å². The van der Waals surface area contributed by atoms with Gasteiger partial charge < -0.3 is 0 Å². The van der Waals surface area contributed by atoms with Crippen molar-refractivity contribution in [2.75, 3.05) is 0 Å². The van der Waals surface area contributed by atoms with Gasteiger partial charge in [-0.3, -0.25) is 4.68 Å². The Morgan fingerprint density at radius 1 is 1.90 bits per heavy atom. The molecule has 0 aromatic carbocycles. The van der Waals surface area contributed by atoms with Crippen LogP contribution in [0.3, 0.4) is 0 Å². The molecule has 4 nitrogen and oxygen atoms in total. The summed E-state index contributed by atoms with van der Waals surface area (Å²) >= 11 is 5.47. The number of rotatable bonds is 2. The Morgan fingerprint density at radius 2 is 2.60 bits per heavy atom. The molecule has 0 aliphatic heterocycles. The Kier molecular flexibility index (Phi) is 2.01. The SMILES string of the molecule is Cn1cc(C(Cl)N=O)cn1. The Labute approximate surface area is 62.8 Å². The van der Waals surface area contributed by atoms with Crippen molar-refractivity contribution in [1.29, 1.82) is 0 Å². The van der Waals surface area contributed by atoms with Crippen LogP contribution < -0.4 is 0 Å². The van der Waals surface area contributed by atoms with Gasteiger partial charge in [-0.05, 0) is 5.18 Å². The molecular formula is C5H6ClN3O. The molecule has 5 heteroatoms. The highest BCUT2D eigenvalue weighted by atomic mass is 35.5. The third-order valence-electron chi connectivity index (χ3n) is 1.09. The standard InChI is InChI=1S/C5H6ClN3O/c1-9-3-4(2-7-9)5(6)8-10/h2-3,5H,1H3. The minimum atomic E-state index is -0.811. The van der Waals surface area contributed by atoms with Crippen molar-refractivity contribution >= 4 is 11.6 Å². The maximum atomic E-state index is 9.90. The van der Waals surface area contributed by atoms with Crippen molar-refractivity contribution in [3.05, 3.63) is 22.9 Å². The topological polar surface area (TPSA) is 47.2 Å². The predicted octanol–water partition coefficient (Wildman–Crippen LogP) is 1.42. The van der Waals surface area contributed by atoms with Gasteiger partial charge in [-0.25, -0.2) is 0 Å². The van der Waals surface area contributed by atoms with Gasteiger partial charge in [0.15, 0.2) is 5.50 Å². The summed E-state index contributed by atoms with van der Waals surface area (Å²) in [6.07, 6.45) is 3.16. The van der Waals surface area contributed by atoms with Crippen LogP contribution in [0.4, 0.5) is 0 Å². The minimum absolute atomic E-state index is 0.624. The van der Waals surface area contributed by atoms with E-state index in [1.807, 2.05) is 0 Å². The second-order valence-electron chi connectivity index (χ2n) is 1.89. The normalized spacial score (nSPS) is 13.0. The first kappa shape index (κ1) is 7.21. The Morgan fingerprint density at radius 3 is 3.00 bits per heavy atom. The van der Waals surface area contributed by atoms with Crippen molar-refractivity contribution in [2.45, 2.75) is 5.50 Å². The van der Waals surface area contributed by atoms with Crippen molar-refractivity contribution in [1.82, 2.24) is 9.78 Å². The van der Waals surface area contributed by atoms with Crippen LogP contribution in [0.1, 0.15) is 11.1 Å². The van der Waals surface area contributed by atoms with Gasteiger partial charge in [0, 0.05) is 18.8 Å². The van der Waals surface area contributed by atoms with Crippen molar-refractivity contribution < 1.29 is 0 Å². The lowest BCUT2D eigenvalue weighted by Gasteiger charge is -1.90. The summed E-state index contributed by atoms with van der Waals surface area (Å²) in [5.41, 5.74) is -0.187. The number of aryl methyl sites for hydroxylation is 1. The molecule has 0 radical (unpaired) electrons. The van der Waals surface area contributed by atoms with Crippen LogP contribution in [-0.2, 0) is 7.05 Å². The Balaban J connectivity index is 2.84. The van der Waals surface area contributed by atoms with Gasteiger partial charge in [-0.15, -0.1) is 4.91 Å². The van der Waals surface area contributed by atoms with Crippen LogP contribution in [0.2, 0.25) is 0 Å². The first-order chi connectivity index (χ1) is 4.74. The third kappa shape index (κ3) is 1.33. The van der Waals surface area contributed by atoms with Crippen LogP contribution in [0, 0.1) is 4.91 Å². The van der Waals surface area contributed by atoms with Gasteiger partial charge >= 0.3 is 0 Å². The second-order valence-corrected chi connectivity index (χ2v) is 2.30. The minimum Gasteiger partial charge on any atom is -0.275 e. The molecule has 0 bridgehead atoms. The van der Waals surface area contributed by atoms with Crippen molar-refractivity contribution in [3.8, 4) is 0 Å². The van der Waals surface area contributed by atoms with Crippen LogP contribution in [0.25, 0.3) is 0 Å². The summed E-state index contributed by atoms with van der Waals surface area (Å²) < 4.78 is 1.57. The van der Waals surface area contributed by atoms with Gasteiger partial charge in [0.05, 0.1) is 6.20 Å². The molecule has 1 atom stereocenters. The zero-order valence-electron chi connectivity index (χ0n) is 5.36. The molecule has 0 saturated carbocycles. The fourth-order valence-corrected chi connectivity index (χ4v) is 0.737. The lowest BCUT2D eigenvalue weighted by atomic mass is 10.4. The summed E-state index contributed by atoms with van der Waals surface area (Å²) in [6.45, 7) is 0. The van der Waals surface area contributed by atoms with Crippen LogP contribution in [0.5, 0.6) is 0 Å². The maximum Gasteiger partial charge on any atom is 0.193 e. The van der Waals surface area contributed by atoms with E-state index >= 15 is 0 Å². The van der Waals surface area contributed by atoms with E-state index in [1.54, 1.807) is 17.9 Å². The van der Waals surface area contributed by atoms with Crippen molar-refractivity contribution in [2.24, 2.45) is 12.2 Å². The number of hydrogen-bond donors (Lipinski definition) is 0. The molecule has 0 aliphatic rings. The number of halogens is 1. The monoisotopic (exact) mass is 159 g/mol. The number of alkyl halides is 1.